The van der Waals surface area contributed by atoms with Gasteiger partial charge in [-0.2, -0.15) is 0 Å². The first-order chi connectivity index (χ1) is 15.1. The standard InChI is InChI=1S/C24H28F2N4O/c1-2-3-6-14-29(24(31)17-11-12-19(25)20(26)15-17)16-22-28-21-10-7-13-27-23(21)30(22)18-8-4-5-9-18/h7,10-13,15,18H,2-6,8-9,14,16H2,1H3. The average Bonchev–Trinajstić information content (AvgIpc) is 3.41. The average molecular weight is 427 g/mol. The SMILES string of the molecule is CCCCCN(Cc1nc2cccnc2n1C1CCCC1)C(=O)c1ccc(F)c(F)c1. The zero-order valence-electron chi connectivity index (χ0n) is 17.9. The molecule has 5 nitrogen and oxygen atoms in total. The van der Waals surface area contributed by atoms with E-state index in [-0.39, 0.29) is 11.5 Å². The first kappa shape index (κ1) is 21.4. The number of amides is 1. The van der Waals surface area contributed by atoms with Crippen molar-refractivity contribution in [1.82, 2.24) is 19.4 Å². The van der Waals surface area contributed by atoms with Crippen LogP contribution in [0.2, 0.25) is 0 Å². The summed E-state index contributed by atoms with van der Waals surface area (Å²) >= 11 is 0. The van der Waals surface area contributed by atoms with Crippen LogP contribution in [0.1, 0.15) is 74.1 Å². The molecule has 2 aromatic heterocycles. The molecule has 0 saturated heterocycles. The fraction of sp³-hybridized carbons (Fsp3) is 0.458. The number of rotatable bonds is 8. The lowest BCUT2D eigenvalue weighted by atomic mass is 10.1. The molecule has 1 aromatic carbocycles. The molecule has 0 radical (unpaired) electrons. The van der Waals surface area contributed by atoms with Crippen molar-refractivity contribution in [3.63, 3.8) is 0 Å². The van der Waals surface area contributed by atoms with Crippen molar-refractivity contribution >= 4 is 17.1 Å². The minimum atomic E-state index is -1.01. The molecule has 1 fully saturated rings. The molecule has 7 heteroatoms. The van der Waals surface area contributed by atoms with E-state index in [1.807, 2.05) is 12.1 Å². The predicted octanol–water partition coefficient (Wildman–Crippen LogP) is 5.66. The van der Waals surface area contributed by atoms with Crippen molar-refractivity contribution in [3.8, 4) is 0 Å². The van der Waals surface area contributed by atoms with E-state index >= 15 is 0 Å². The van der Waals surface area contributed by atoms with Gasteiger partial charge in [0.2, 0.25) is 0 Å². The number of unbranched alkanes of at least 4 members (excludes halogenated alkanes) is 2. The summed E-state index contributed by atoms with van der Waals surface area (Å²) < 4.78 is 29.3. The molecule has 1 aliphatic rings. The van der Waals surface area contributed by atoms with Crippen LogP contribution in [0.4, 0.5) is 8.78 Å². The molecular formula is C24H28F2N4O. The summed E-state index contributed by atoms with van der Waals surface area (Å²) in [6, 6.07) is 7.45. The van der Waals surface area contributed by atoms with Gasteiger partial charge < -0.3 is 9.47 Å². The van der Waals surface area contributed by atoms with Gasteiger partial charge in [0, 0.05) is 24.3 Å². The van der Waals surface area contributed by atoms with Crippen LogP contribution in [0.15, 0.2) is 36.5 Å². The van der Waals surface area contributed by atoms with Crippen LogP contribution < -0.4 is 0 Å². The van der Waals surface area contributed by atoms with E-state index in [4.69, 9.17) is 4.98 Å². The van der Waals surface area contributed by atoms with Gasteiger partial charge in [-0.25, -0.2) is 18.7 Å². The molecule has 0 aliphatic heterocycles. The Labute approximate surface area is 181 Å². The predicted molar refractivity (Wildman–Crippen MR) is 116 cm³/mol. The highest BCUT2D eigenvalue weighted by molar-refractivity contribution is 5.94. The first-order valence-corrected chi connectivity index (χ1v) is 11.1. The highest BCUT2D eigenvalue weighted by Gasteiger charge is 2.26. The number of carbonyl (C=O) groups excluding carboxylic acids is 1. The summed E-state index contributed by atoms with van der Waals surface area (Å²) in [5, 5.41) is 0. The van der Waals surface area contributed by atoms with Crippen molar-refractivity contribution in [2.45, 2.75) is 64.5 Å². The number of imidazole rings is 1. The number of hydrogen-bond donors (Lipinski definition) is 0. The highest BCUT2D eigenvalue weighted by Crippen LogP contribution is 2.33. The van der Waals surface area contributed by atoms with Crippen molar-refractivity contribution < 1.29 is 13.6 Å². The van der Waals surface area contributed by atoms with E-state index in [2.05, 4.69) is 16.5 Å². The summed E-state index contributed by atoms with van der Waals surface area (Å²) in [4.78, 5) is 24.3. The lowest BCUT2D eigenvalue weighted by molar-refractivity contribution is 0.0732. The third kappa shape index (κ3) is 4.60. The van der Waals surface area contributed by atoms with Gasteiger partial charge in [0.1, 0.15) is 11.3 Å². The Hall–Kier alpha value is -2.83. The van der Waals surface area contributed by atoms with Crippen LogP contribution >= 0.6 is 0 Å². The van der Waals surface area contributed by atoms with Crippen LogP contribution in [0.3, 0.4) is 0 Å². The van der Waals surface area contributed by atoms with Crippen LogP contribution in [-0.4, -0.2) is 31.9 Å². The van der Waals surface area contributed by atoms with E-state index in [9.17, 15) is 13.6 Å². The third-order valence-corrected chi connectivity index (χ3v) is 6.03. The quantitative estimate of drug-likeness (QED) is 0.437. The Morgan fingerprint density at radius 2 is 1.97 bits per heavy atom. The van der Waals surface area contributed by atoms with Crippen molar-refractivity contribution in [2.24, 2.45) is 0 Å². The molecule has 0 bridgehead atoms. The van der Waals surface area contributed by atoms with E-state index in [1.165, 1.54) is 18.9 Å². The van der Waals surface area contributed by atoms with Crippen LogP contribution in [0.25, 0.3) is 11.2 Å². The number of hydrogen-bond acceptors (Lipinski definition) is 3. The fourth-order valence-electron chi connectivity index (χ4n) is 4.42. The molecule has 0 atom stereocenters. The molecule has 2 heterocycles. The summed E-state index contributed by atoms with van der Waals surface area (Å²) in [5.74, 6) is -1.48. The number of aromatic nitrogens is 3. The van der Waals surface area contributed by atoms with Gasteiger partial charge in [0.05, 0.1) is 6.54 Å². The smallest absolute Gasteiger partial charge is 0.254 e. The number of benzene rings is 1. The second-order valence-electron chi connectivity index (χ2n) is 8.25. The first-order valence-electron chi connectivity index (χ1n) is 11.1. The number of carbonyl (C=O) groups is 1. The molecule has 1 aliphatic carbocycles. The highest BCUT2D eigenvalue weighted by atomic mass is 19.2. The number of halogens is 2. The summed E-state index contributed by atoms with van der Waals surface area (Å²) in [5.41, 5.74) is 1.81. The van der Waals surface area contributed by atoms with Crippen LogP contribution in [0, 0.1) is 11.6 Å². The molecule has 0 N–H and O–H groups in total. The summed E-state index contributed by atoms with van der Waals surface area (Å²) in [6.45, 7) is 2.95. The Bertz CT molecular complexity index is 1060. The molecular weight excluding hydrogens is 398 g/mol. The monoisotopic (exact) mass is 426 g/mol. The van der Waals surface area contributed by atoms with Gasteiger partial charge >= 0.3 is 0 Å². The normalized spacial score (nSPS) is 14.4. The Morgan fingerprint density at radius 3 is 2.71 bits per heavy atom. The van der Waals surface area contributed by atoms with Gasteiger partial charge in [-0.3, -0.25) is 4.79 Å². The van der Waals surface area contributed by atoms with E-state index in [1.54, 1.807) is 11.1 Å². The zero-order chi connectivity index (χ0) is 21.8. The van der Waals surface area contributed by atoms with E-state index in [0.29, 0.717) is 19.1 Å². The lowest BCUT2D eigenvalue weighted by Crippen LogP contribution is -2.33. The van der Waals surface area contributed by atoms with Gasteiger partial charge in [-0.05, 0) is 49.6 Å². The van der Waals surface area contributed by atoms with Crippen molar-refractivity contribution in [2.75, 3.05) is 6.54 Å². The minimum absolute atomic E-state index is 0.150. The maximum absolute atomic E-state index is 13.8. The molecule has 4 rings (SSSR count). The van der Waals surface area contributed by atoms with Crippen molar-refractivity contribution in [1.29, 1.82) is 0 Å². The summed E-state index contributed by atoms with van der Waals surface area (Å²) in [7, 11) is 0. The van der Waals surface area contributed by atoms with Gasteiger partial charge in [-0.1, -0.05) is 32.6 Å². The van der Waals surface area contributed by atoms with Gasteiger partial charge in [0.15, 0.2) is 17.3 Å². The Kier molecular flexibility index (Phi) is 6.59. The third-order valence-electron chi connectivity index (χ3n) is 6.03. The minimum Gasteiger partial charge on any atom is -0.331 e. The number of fused-ring (bicyclic) bond motifs is 1. The second kappa shape index (κ2) is 9.54. The Morgan fingerprint density at radius 1 is 1.16 bits per heavy atom. The Balaban J connectivity index is 1.68. The fourth-order valence-corrected chi connectivity index (χ4v) is 4.42. The molecule has 1 amide bonds. The molecule has 164 valence electrons. The molecule has 0 unspecified atom stereocenters. The molecule has 0 spiro atoms. The topological polar surface area (TPSA) is 51.0 Å². The largest absolute Gasteiger partial charge is 0.331 e. The molecule has 1 saturated carbocycles. The second-order valence-corrected chi connectivity index (χ2v) is 8.25. The van der Waals surface area contributed by atoms with Crippen LogP contribution in [-0.2, 0) is 6.54 Å². The number of nitrogens with zero attached hydrogens (tertiary/aromatic N) is 4. The molecule has 3 aromatic rings. The maximum atomic E-state index is 13.8. The van der Waals surface area contributed by atoms with Crippen LogP contribution in [0.5, 0.6) is 0 Å². The zero-order valence-corrected chi connectivity index (χ0v) is 17.9. The lowest BCUT2D eigenvalue weighted by Gasteiger charge is -2.24. The van der Waals surface area contributed by atoms with E-state index in [0.717, 1.165) is 61.2 Å². The van der Waals surface area contributed by atoms with Gasteiger partial charge in [-0.15, -0.1) is 0 Å². The maximum Gasteiger partial charge on any atom is 0.254 e. The van der Waals surface area contributed by atoms with Gasteiger partial charge in [0.25, 0.3) is 5.91 Å². The van der Waals surface area contributed by atoms with Crippen molar-refractivity contribution in [3.05, 3.63) is 59.6 Å². The van der Waals surface area contributed by atoms with E-state index < -0.39 is 11.6 Å². The molecule has 31 heavy (non-hydrogen) atoms. The summed E-state index contributed by atoms with van der Waals surface area (Å²) in [6.07, 6.45) is 9.11. The number of pyridine rings is 1.